The number of hydrogen-bond donors (Lipinski definition) is 0. The molecule has 0 spiro atoms. The number of carbonyl (C=O) groups is 1. The van der Waals surface area contributed by atoms with E-state index in [1.165, 1.54) is 30.4 Å². The Bertz CT molecular complexity index is 351. The van der Waals surface area contributed by atoms with E-state index in [9.17, 15) is 13.6 Å². The Balaban J connectivity index is 3.01. The summed E-state index contributed by atoms with van der Waals surface area (Å²) in [5.74, 6) is -2.84. The van der Waals surface area contributed by atoms with Crippen molar-refractivity contribution in [3.05, 3.63) is 41.5 Å². The van der Waals surface area contributed by atoms with Gasteiger partial charge in [-0.15, -0.1) is 0 Å². The van der Waals surface area contributed by atoms with Gasteiger partial charge in [-0.2, -0.15) is 0 Å². The van der Waals surface area contributed by atoms with Crippen molar-refractivity contribution in [2.45, 2.75) is 12.8 Å². The Labute approximate surface area is 81.1 Å². The van der Waals surface area contributed by atoms with Gasteiger partial charge in [-0.3, -0.25) is 4.79 Å². The SMILES string of the molecule is CC(F)(F)c1cccc(/C=C/C=O)c1. The molecule has 0 radical (unpaired) electrons. The van der Waals surface area contributed by atoms with Crippen LogP contribution in [-0.4, -0.2) is 6.29 Å². The standard InChI is InChI=1S/C11H10F2O/c1-11(12,13)10-6-2-4-9(8-10)5-3-7-14/h2-8H,1H3/b5-3+. The summed E-state index contributed by atoms with van der Waals surface area (Å²) in [4.78, 5) is 10.0. The topological polar surface area (TPSA) is 17.1 Å². The van der Waals surface area contributed by atoms with E-state index in [-0.39, 0.29) is 5.56 Å². The Morgan fingerprint density at radius 1 is 1.36 bits per heavy atom. The van der Waals surface area contributed by atoms with E-state index in [0.29, 0.717) is 11.8 Å². The fraction of sp³-hybridized carbons (Fsp3) is 0.182. The van der Waals surface area contributed by atoms with E-state index >= 15 is 0 Å². The van der Waals surface area contributed by atoms with Crippen LogP contribution >= 0.6 is 0 Å². The summed E-state index contributed by atoms with van der Waals surface area (Å²) in [6.45, 7) is 0.843. The van der Waals surface area contributed by atoms with Crippen LogP contribution in [0.2, 0.25) is 0 Å². The lowest BCUT2D eigenvalue weighted by molar-refractivity contribution is -0.104. The molecule has 1 aromatic rings. The van der Waals surface area contributed by atoms with Crippen molar-refractivity contribution < 1.29 is 13.6 Å². The molecule has 3 heteroatoms. The first-order chi connectivity index (χ1) is 6.54. The van der Waals surface area contributed by atoms with Gasteiger partial charge in [-0.25, -0.2) is 8.78 Å². The molecule has 1 aromatic carbocycles. The van der Waals surface area contributed by atoms with E-state index in [1.54, 1.807) is 6.07 Å². The van der Waals surface area contributed by atoms with Gasteiger partial charge >= 0.3 is 0 Å². The average Bonchev–Trinajstić information content (AvgIpc) is 2.14. The largest absolute Gasteiger partial charge is 0.299 e. The second-order valence-corrected chi connectivity index (χ2v) is 3.01. The quantitative estimate of drug-likeness (QED) is 0.536. The van der Waals surface area contributed by atoms with Gasteiger partial charge in [0, 0.05) is 12.5 Å². The van der Waals surface area contributed by atoms with Crippen LogP contribution in [0.25, 0.3) is 6.08 Å². The number of carbonyl (C=O) groups excluding carboxylic acids is 1. The summed E-state index contributed by atoms with van der Waals surface area (Å²) >= 11 is 0. The molecule has 0 unspecified atom stereocenters. The van der Waals surface area contributed by atoms with Crippen molar-refractivity contribution in [1.82, 2.24) is 0 Å². The van der Waals surface area contributed by atoms with Gasteiger partial charge in [0.05, 0.1) is 0 Å². The molecule has 74 valence electrons. The number of allylic oxidation sites excluding steroid dienone is 1. The number of aldehydes is 1. The summed E-state index contributed by atoms with van der Waals surface area (Å²) in [6, 6.07) is 5.92. The molecule has 0 heterocycles. The van der Waals surface area contributed by atoms with Crippen LogP contribution in [0.1, 0.15) is 18.1 Å². The summed E-state index contributed by atoms with van der Waals surface area (Å²) in [5, 5.41) is 0. The second kappa shape index (κ2) is 4.13. The molecule has 0 aliphatic heterocycles. The molecular weight excluding hydrogens is 186 g/mol. The normalized spacial score (nSPS) is 11.9. The average molecular weight is 196 g/mol. The van der Waals surface area contributed by atoms with Crippen LogP contribution in [0.4, 0.5) is 8.78 Å². The molecule has 0 saturated carbocycles. The highest BCUT2D eigenvalue weighted by Crippen LogP contribution is 2.27. The zero-order valence-corrected chi connectivity index (χ0v) is 7.71. The maximum atomic E-state index is 12.9. The van der Waals surface area contributed by atoms with E-state index in [4.69, 9.17) is 0 Å². The van der Waals surface area contributed by atoms with E-state index in [2.05, 4.69) is 0 Å². The number of hydrogen-bond acceptors (Lipinski definition) is 1. The molecule has 0 atom stereocenters. The molecule has 0 fully saturated rings. The zero-order chi connectivity index (χ0) is 10.6. The maximum absolute atomic E-state index is 12.9. The van der Waals surface area contributed by atoms with E-state index in [0.717, 1.165) is 6.92 Å². The van der Waals surface area contributed by atoms with Crippen molar-refractivity contribution in [3.8, 4) is 0 Å². The maximum Gasteiger partial charge on any atom is 0.270 e. The van der Waals surface area contributed by atoms with Crippen LogP contribution in [0.15, 0.2) is 30.3 Å². The second-order valence-electron chi connectivity index (χ2n) is 3.01. The Hall–Kier alpha value is -1.51. The van der Waals surface area contributed by atoms with Gasteiger partial charge in [-0.05, 0) is 17.7 Å². The molecule has 0 bridgehead atoms. The molecule has 0 amide bonds. The lowest BCUT2D eigenvalue weighted by atomic mass is 10.1. The third-order valence-corrected chi connectivity index (χ3v) is 1.76. The minimum atomic E-state index is -2.84. The lowest BCUT2D eigenvalue weighted by Crippen LogP contribution is -2.06. The number of alkyl halides is 2. The molecule has 14 heavy (non-hydrogen) atoms. The highest BCUT2D eigenvalue weighted by molar-refractivity contribution is 5.73. The molecule has 1 nitrogen and oxygen atoms in total. The van der Waals surface area contributed by atoms with Crippen molar-refractivity contribution >= 4 is 12.4 Å². The third-order valence-electron chi connectivity index (χ3n) is 1.76. The fourth-order valence-corrected chi connectivity index (χ4v) is 1.07. The van der Waals surface area contributed by atoms with Crippen LogP contribution in [0, 0.1) is 0 Å². The number of rotatable bonds is 3. The first-order valence-corrected chi connectivity index (χ1v) is 4.14. The molecule has 0 aliphatic rings. The zero-order valence-electron chi connectivity index (χ0n) is 7.71. The van der Waals surface area contributed by atoms with Crippen molar-refractivity contribution in [2.75, 3.05) is 0 Å². The molecule has 0 saturated heterocycles. The van der Waals surface area contributed by atoms with Crippen LogP contribution in [-0.2, 0) is 10.7 Å². The highest BCUT2D eigenvalue weighted by atomic mass is 19.3. The van der Waals surface area contributed by atoms with Crippen molar-refractivity contribution in [2.24, 2.45) is 0 Å². The number of benzene rings is 1. The van der Waals surface area contributed by atoms with E-state index in [1.807, 2.05) is 0 Å². The van der Waals surface area contributed by atoms with E-state index < -0.39 is 5.92 Å². The predicted molar refractivity (Wildman–Crippen MR) is 51.1 cm³/mol. The first-order valence-electron chi connectivity index (χ1n) is 4.14. The van der Waals surface area contributed by atoms with Gasteiger partial charge in [0.15, 0.2) is 0 Å². The van der Waals surface area contributed by atoms with Gasteiger partial charge < -0.3 is 0 Å². The number of halogens is 2. The fourth-order valence-electron chi connectivity index (χ4n) is 1.07. The van der Waals surface area contributed by atoms with Gasteiger partial charge in [0.2, 0.25) is 0 Å². The van der Waals surface area contributed by atoms with Gasteiger partial charge in [0.25, 0.3) is 5.92 Å². The van der Waals surface area contributed by atoms with Crippen LogP contribution in [0.5, 0.6) is 0 Å². The summed E-state index contributed by atoms with van der Waals surface area (Å²) in [7, 11) is 0. The molecular formula is C11H10F2O. The predicted octanol–water partition coefficient (Wildman–Crippen LogP) is 3.01. The summed E-state index contributed by atoms with van der Waals surface area (Å²) < 4.78 is 25.7. The molecule has 0 aromatic heterocycles. The Morgan fingerprint density at radius 2 is 2.07 bits per heavy atom. The monoisotopic (exact) mass is 196 g/mol. The molecule has 0 aliphatic carbocycles. The van der Waals surface area contributed by atoms with Gasteiger partial charge in [0.1, 0.15) is 6.29 Å². The molecule has 0 N–H and O–H groups in total. The molecule has 1 rings (SSSR count). The minimum absolute atomic E-state index is 0.0504. The Kier molecular flexibility index (Phi) is 3.12. The Morgan fingerprint density at radius 3 is 2.64 bits per heavy atom. The third kappa shape index (κ3) is 2.76. The van der Waals surface area contributed by atoms with Crippen molar-refractivity contribution in [1.29, 1.82) is 0 Å². The minimum Gasteiger partial charge on any atom is -0.299 e. The van der Waals surface area contributed by atoms with Crippen LogP contribution < -0.4 is 0 Å². The summed E-state index contributed by atoms with van der Waals surface area (Å²) in [5.41, 5.74) is 0.543. The van der Waals surface area contributed by atoms with Crippen LogP contribution in [0.3, 0.4) is 0 Å². The smallest absolute Gasteiger partial charge is 0.270 e. The highest BCUT2D eigenvalue weighted by Gasteiger charge is 2.23. The lowest BCUT2D eigenvalue weighted by Gasteiger charge is -2.10. The first kappa shape index (κ1) is 10.6. The van der Waals surface area contributed by atoms with Gasteiger partial charge in [-0.1, -0.05) is 24.3 Å². The van der Waals surface area contributed by atoms with Crippen molar-refractivity contribution in [3.63, 3.8) is 0 Å². The summed E-state index contributed by atoms with van der Waals surface area (Å²) in [6.07, 6.45) is 3.37.